The third-order valence-electron chi connectivity index (χ3n) is 8.27. The van der Waals surface area contributed by atoms with Crippen LogP contribution in [0.15, 0.2) is 73.1 Å². The van der Waals surface area contributed by atoms with Crippen LogP contribution in [0.25, 0.3) is 33.5 Å². The highest BCUT2D eigenvalue weighted by Gasteiger charge is 2.36. The number of anilines is 1. The summed E-state index contributed by atoms with van der Waals surface area (Å²) in [7, 11) is 0. The van der Waals surface area contributed by atoms with Gasteiger partial charge in [0.05, 0.1) is 0 Å². The number of carbonyl (C=O) groups is 2. The lowest BCUT2D eigenvalue weighted by atomic mass is 9.81. The predicted molar refractivity (Wildman–Crippen MR) is 160 cm³/mol. The van der Waals surface area contributed by atoms with Crippen molar-refractivity contribution in [2.24, 2.45) is 23.3 Å². The van der Waals surface area contributed by atoms with Gasteiger partial charge in [-0.2, -0.15) is 5.21 Å². The number of hydrogen-bond donors (Lipinski definition) is 4. The maximum absolute atomic E-state index is 14.1. The van der Waals surface area contributed by atoms with Crippen molar-refractivity contribution in [1.29, 1.82) is 0 Å². The number of fused-ring (bicyclic) bond motifs is 1. The molecule has 1 saturated carbocycles. The molecule has 5 aromatic rings. The Morgan fingerprint density at radius 3 is 2.36 bits per heavy atom. The standard InChI is InChI=1S/C31H33N9O2/c32-17-20-3-7-23(8-4-20)31(42)40(26-11-9-22(10-12-26)30-36-38-39-37-30)27(28(33)41)15-19-1-5-21(6-2-19)25-16-24-13-14-34-29(24)35-18-25/h1-2,5-6,9-14,16,18,20,23,27H,3-4,7-8,15,17,32H2,(H2,33,41)(H,34,35)(H,36,37,38,39)/t20?,23?,27-/m0/s1. The quantitative estimate of drug-likeness (QED) is 0.212. The lowest BCUT2D eigenvalue weighted by Gasteiger charge is -2.35. The van der Waals surface area contributed by atoms with Crippen LogP contribution in [0.2, 0.25) is 0 Å². The van der Waals surface area contributed by atoms with Gasteiger partial charge >= 0.3 is 0 Å². The summed E-state index contributed by atoms with van der Waals surface area (Å²) in [5, 5.41) is 15.2. The molecule has 6 N–H and O–H groups in total. The molecule has 0 radical (unpaired) electrons. The summed E-state index contributed by atoms with van der Waals surface area (Å²) in [6, 6.07) is 18.4. The van der Waals surface area contributed by atoms with Gasteiger partial charge in [-0.15, -0.1) is 10.2 Å². The Morgan fingerprint density at radius 2 is 1.69 bits per heavy atom. The van der Waals surface area contributed by atoms with Crippen molar-refractivity contribution < 1.29 is 9.59 Å². The van der Waals surface area contributed by atoms with Crippen LogP contribution in [0.1, 0.15) is 31.2 Å². The molecule has 0 bridgehead atoms. The van der Waals surface area contributed by atoms with Crippen LogP contribution in [0.4, 0.5) is 5.69 Å². The number of pyridine rings is 1. The minimum atomic E-state index is -0.871. The number of aromatic amines is 2. The van der Waals surface area contributed by atoms with Crippen molar-refractivity contribution in [3.8, 4) is 22.5 Å². The Kier molecular flexibility index (Phi) is 7.74. The summed E-state index contributed by atoms with van der Waals surface area (Å²) >= 11 is 0. The first-order valence-corrected chi connectivity index (χ1v) is 14.2. The molecular weight excluding hydrogens is 530 g/mol. The van der Waals surface area contributed by atoms with Gasteiger partial charge in [0.1, 0.15) is 11.7 Å². The van der Waals surface area contributed by atoms with Gasteiger partial charge in [0.25, 0.3) is 0 Å². The molecule has 42 heavy (non-hydrogen) atoms. The molecule has 6 rings (SSSR count). The largest absolute Gasteiger partial charge is 0.368 e. The number of H-pyrrole nitrogens is 2. The fourth-order valence-corrected chi connectivity index (χ4v) is 5.83. The molecule has 2 amide bonds. The van der Waals surface area contributed by atoms with E-state index in [0.717, 1.165) is 59.0 Å². The van der Waals surface area contributed by atoms with Crippen molar-refractivity contribution in [2.75, 3.05) is 11.4 Å². The van der Waals surface area contributed by atoms with Gasteiger partial charge in [0, 0.05) is 46.9 Å². The molecule has 0 spiro atoms. The molecule has 1 fully saturated rings. The number of nitrogens with two attached hydrogens (primary N) is 2. The zero-order valence-electron chi connectivity index (χ0n) is 23.1. The Balaban J connectivity index is 1.28. The molecular formula is C31H33N9O2. The van der Waals surface area contributed by atoms with E-state index in [1.807, 2.05) is 54.9 Å². The van der Waals surface area contributed by atoms with Crippen LogP contribution in [-0.4, -0.2) is 55.0 Å². The van der Waals surface area contributed by atoms with Gasteiger partial charge in [-0.1, -0.05) is 24.3 Å². The number of benzene rings is 2. The Morgan fingerprint density at radius 1 is 0.952 bits per heavy atom. The van der Waals surface area contributed by atoms with E-state index < -0.39 is 11.9 Å². The monoisotopic (exact) mass is 563 g/mol. The predicted octanol–water partition coefficient (Wildman–Crippen LogP) is 3.60. The SMILES string of the molecule is NCC1CCC(C(=O)N(c2ccc(-c3nn[nH]n3)cc2)[C@@H](Cc2ccc(-c3cnc4[nH]ccc4c3)cc2)C(N)=O)CC1. The third kappa shape index (κ3) is 5.64. The summed E-state index contributed by atoms with van der Waals surface area (Å²) in [4.78, 5) is 36.3. The molecule has 214 valence electrons. The van der Waals surface area contributed by atoms with E-state index >= 15 is 0 Å². The highest BCUT2D eigenvalue weighted by Crippen LogP contribution is 2.33. The Hall–Kier alpha value is -4.90. The van der Waals surface area contributed by atoms with Gasteiger partial charge < -0.3 is 16.5 Å². The zero-order chi connectivity index (χ0) is 29.1. The van der Waals surface area contributed by atoms with Crippen LogP contribution in [0.3, 0.4) is 0 Å². The number of aromatic nitrogens is 6. The summed E-state index contributed by atoms with van der Waals surface area (Å²) in [5.41, 5.74) is 17.0. The molecule has 2 aromatic carbocycles. The minimum absolute atomic E-state index is 0.0934. The molecule has 0 saturated heterocycles. The van der Waals surface area contributed by atoms with Crippen molar-refractivity contribution in [2.45, 2.75) is 38.1 Å². The van der Waals surface area contributed by atoms with E-state index in [1.165, 1.54) is 0 Å². The summed E-state index contributed by atoms with van der Waals surface area (Å²) < 4.78 is 0. The molecule has 3 heterocycles. The molecule has 3 aromatic heterocycles. The summed E-state index contributed by atoms with van der Waals surface area (Å²) in [5.74, 6) is 0.00791. The molecule has 1 atom stereocenters. The molecule has 11 nitrogen and oxygen atoms in total. The second kappa shape index (κ2) is 11.9. The van der Waals surface area contributed by atoms with Crippen molar-refractivity contribution in [3.05, 3.63) is 78.6 Å². The van der Waals surface area contributed by atoms with Gasteiger partial charge in [-0.3, -0.25) is 14.5 Å². The summed E-state index contributed by atoms with van der Waals surface area (Å²) in [6.45, 7) is 0.622. The number of nitrogens with zero attached hydrogens (tertiary/aromatic N) is 5. The number of nitrogens with one attached hydrogen (secondary N) is 2. The first-order valence-electron chi connectivity index (χ1n) is 14.2. The number of amides is 2. The van der Waals surface area contributed by atoms with Gasteiger partial charge in [-0.05, 0) is 90.9 Å². The first kappa shape index (κ1) is 27.3. The normalized spacial score (nSPS) is 17.6. The van der Waals surface area contributed by atoms with Crippen LogP contribution in [-0.2, 0) is 16.0 Å². The summed E-state index contributed by atoms with van der Waals surface area (Å²) in [6.07, 6.45) is 7.23. The van der Waals surface area contributed by atoms with E-state index in [1.54, 1.807) is 17.0 Å². The van der Waals surface area contributed by atoms with Crippen LogP contribution < -0.4 is 16.4 Å². The number of carbonyl (C=O) groups excluding carboxylic acids is 2. The van der Waals surface area contributed by atoms with Crippen molar-refractivity contribution in [3.63, 3.8) is 0 Å². The highest BCUT2D eigenvalue weighted by molar-refractivity contribution is 6.01. The highest BCUT2D eigenvalue weighted by atomic mass is 16.2. The van der Waals surface area contributed by atoms with Gasteiger partial charge in [0.2, 0.25) is 17.6 Å². The second-order valence-electron chi connectivity index (χ2n) is 10.9. The average molecular weight is 564 g/mol. The molecule has 0 aliphatic heterocycles. The van der Waals surface area contributed by atoms with Crippen molar-refractivity contribution in [1.82, 2.24) is 30.6 Å². The third-order valence-corrected chi connectivity index (χ3v) is 8.27. The van der Waals surface area contributed by atoms with Gasteiger partial charge in [0.15, 0.2) is 0 Å². The van der Waals surface area contributed by atoms with Gasteiger partial charge in [-0.25, -0.2) is 4.98 Å². The first-order chi connectivity index (χ1) is 20.5. The smallest absolute Gasteiger partial charge is 0.240 e. The second-order valence-corrected chi connectivity index (χ2v) is 10.9. The Bertz CT molecular complexity index is 1660. The maximum Gasteiger partial charge on any atom is 0.240 e. The number of primary amides is 1. The lowest BCUT2D eigenvalue weighted by Crippen LogP contribution is -2.52. The fraction of sp³-hybridized carbons (Fsp3) is 0.290. The topological polar surface area (TPSA) is 173 Å². The molecule has 1 aliphatic carbocycles. The molecule has 1 aliphatic rings. The number of tetrazole rings is 1. The van der Waals surface area contributed by atoms with Crippen LogP contribution in [0, 0.1) is 11.8 Å². The number of hydrogen-bond acceptors (Lipinski definition) is 7. The van der Waals surface area contributed by atoms with Crippen LogP contribution >= 0.6 is 0 Å². The van der Waals surface area contributed by atoms with E-state index in [4.69, 9.17) is 11.5 Å². The maximum atomic E-state index is 14.1. The van der Waals surface area contributed by atoms with Crippen molar-refractivity contribution >= 4 is 28.5 Å². The average Bonchev–Trinajstić information content (AvgIpc) is 3.74. The van der Waals surface area contributed by atoms with E-state index in [0.29, 0.717) is 24.0 Å². The number of rotatable bonds is 9. The van der Waals surface area contributed by atoms with E-state index in [9.17, 15) is 9.59 Å². The lowest BCUT2D eigenvalue weighted by molar-refractivity contribution is -0.127. The molecule has 0 unspecified atom stereocenters. The Labute approximate surface area is 242 Å². The minimum Gasteiger partial charge on any atom is -0.368 e. The zero-order valence-corrected chi connectivity index (χ0v) is 23.1. The van der Waals surface area contributed by atoms with E-state index in [2.05, 4.69) is 36.7 Å². The molecule has 11 heteroatoms. The van der Waals surface area contributed by atoms with Crippen LogP contribution in [0.5, 0.6) is 0 Å². The fourth-order valence-electron chi connectivity index (χ4n) is 5.83. The van der Waals surface area contributed by atoms with E-state index in [-0.39, 0.29) is 18.2 Å².